The first-order valence-corrected chi connectivity index (χ1v) is 9.26. The average molecular weight is 348 g/mol. The zero-order chi connectivity index (χ0) is 17.2. The highest BCUT2D eigenvalue weighted by atomic mass is 32.2. The van der Waals surface area contributed by atoms with Crippen LogP contribution >= 0.6 is 0 Å². The number of nitrogens with one attached hydrogen (secondary N) is 1. The monoisotopic (exact) mass is 348 g/mol. The maximum Gasteiger partial charge on any atom is 0.282 e. The summed E-state index contributed by atoms with van der Waals surface area (Å²) in [6.07, 6.45) is 1.81. The van der Waals surface area contributed by atoms with Crippen LogP contribution in [0.15, 0.2) is 41.5 Å². The van der Waals surface area contributed by atoms with Crippen molar-refractivity contribution in [3.63, 3.8) is 0 Å². The quantitative estimate of drug-likeness (QED) is 0.870. The van der Waals surface area contributed by atoms with Gasteiger partial charge in [0.2, 0.25) is 0 Å². The van der Waals surface area contributed by atoms with E-state index in [0.29, 0.717) is 37.3 Å². The van der Waals surface area contributed by atoms with Crippen LogP contribution in [0, 0.1) is 0 Å². The van der Waals surface area contributed by atoms with Gasteiger partial charge in [-0.3, -0.25) is 4.79 Å². The van der Waals surface area contributed by atoms with E-state index in [4.69, 9.17) is 0 Å². The van der Waals surface area contributed by atoms with Gasteiger partial charge in [0, 0.05) is 32.6 Å². The highest BCUT2D eigenvalue weighted by molar-refractivity contribution is 7.86. The molecular weight excluding hydrogens is 328 g/mol. The molecule has 3 rings (SSSR count). The highest BCUT2D eigenvalue weighted by Crippen LogP contribution is 2.20. The molecule has 2 heterocycles. The third kappa shape index (κ3) is 3.26. The Balaban J connectivity index is 1.84. The predicted molar refractivity (Wildman–Crippen MR) is 90.4 cm³/mol. The standard InChI is InChI=1S/C16H20N4O3S/c1-2-19(10-13-6-4-3-5-7-13)24(22,23)20-9-8-15-14(11-20)16(21)18-12-17-15/h3-7,12H,2,8-11H2,1H3,(H,17,18,21). The van der Waals surface area contributed by atoms with Crippen molar-refractivity contribution >= 4 is 10.2 Å². The lowest BCUT2D eigenvalue weighted by atomic mass is 10.1. The molecule has 0 spiro atoms. The molecule has 7 nitrogen and oxygen atoms in total. The molecule has 1 aromatic heterocycles. The maximum atomic E-state index is 13.0. The molecule has 0 unspecified atom stereocenters. The maximum absolute atomic E-state index is 13.0. The van der Waals surface area contributed by atoms with Gasteiger partial charge in [-0.2, -0.15) is 17.0 Å². The average Bonchev–Trinajstić information content (AvgIpc) is 2.60. The summed E-state index contributed by atoms with van der Waals surface area (Å²) in [5, 5.41) is 0. The Hall–Kier alpha value is -2.03. The normalized spacial score (nSPS) is 15.4. The molecule has 1 aliphatic rings. The van der Waals surface area contributed by atoms with Crippen molar-refractivity contribution in [2.75, 3.05) is 13.1 Å². The van der Waals surface area contributed by atoms with Gasteiger partial charge < -0.3 is 4.98 Å². The highest BCUT2D eigenvalue weighted by Gasteiger charge is 2.32. The van der Waals surface area contributed by atoms with Crippen LogP contribution in [0.3, 0.4) is 0 Å². The molecule has 0 saturated carbocycles. The lowest BCUT2D eigenvalue weighted by Crippen LogP contribution is -2.46. The molecule has 0 saturated heterocycles. The summed E-state index contributed by atoms with van der Waals surface area (Å²) in [6, 6.07) is 9.47. The number of aromatic nitrogens is 2. The second-order valence-electron chi connectivity index (χ2n) is 5.66. The largest absolute Gasteiger partial charge is 0.313 e. The van der Waals surface area contributed by atoms with E-state index in [1.807, 2.05) is 37.3 Å². The van der Waals surface area contributed by atoms with E-state index >= 15 is 0 Å². The molecular formula is C16H20N4O3S. The third-order valence-electron chi connectivity index (χ3n) is 4.18. The van der Waals surface area contributed by atoms with Crippen LogP contribution in [0.1, 0.15) is 23.7 Å². The second kappa shape index (κ2) is 6.84. The topological polar surface area (TPSA) is 86.4 Å². The van der Waals surface area contributed by atoms with Crippen molar-refractivity contribution in [3.8, 4) is 0 Å². The van der Waals surface area contributed by atoms with Gasteiger partial charge in [0.05, 0.1) is 17.6 Å². The zero-order valence-electron chi connectivity index (χ0n) is 13.5. The molecule has 8 heteroatoms. The van der Waals surface area contributed by atoms with Crippen LogP contribution in [0.4, 0.5) is 0 Å². The molecule has 0 amide bonds. The molecule has 128 valence electrons. The van der Waals surface area contributed by atoms with Crippen molar-refractivity contribution in [2.45, 2.75) is 26.4 Å². The van der Waals surface area contributed by atoms with Gasteiger partial charge in [0.15, 0.2) is 0 Å². The van der Waals surface area contributed by atoms with Crippen LogP contribution in [0.2, 0.25) is 0 Å². The van der Waals surface area contributed by atoms with E-state index < -0.39 is 10.2 Å². The Labute approximate surface area is 141 Å². The van der Waals surface area contributed by atoms with E-state index in [1.54, 1.807) is 0 Å². The van der Waals surface area contributed by atoms with Crippen LogP contribution in [-0.4, -0.2) is 40.1 Å². The van der Waals surface area contributed by atoms with Crippen molar-refractivity contribution in [2.24, 2.45) is 0 Å². The summed E-state index contributed by atoms with van der Waals surface area (Å²) >= 11 is 0. The molecule has 1 aromatic carbocycles. The smallest absolute Gasteiger partial charge is 0.282 e. The Morgan fingerprint density at radius 3 is 2.75 bits per heavy atom. The van der Waals surface area contributed by atoms with E-state index in [1.165, 1.54) is 14.9 Å². The SMILES string of the molecule is CCN(Cc1ccccc1)S(=O)(=O)N1CCc2nc[nH]c(=O)c2C1. The molecule has 0 radical (unpaired) electrons. The molecule has 0 bridgehead atoms. The zero-order valence-corrected chi connectivity index (χ0v) is 14.3. The number of H-pyrrole nitrogens is 1. The van der Waals surface area contributed by atoms with Gasteiger partial charge in [-0.1, -0.05) is 37.3 Å². The Morgan fingerprint density at radius 1 is 1.29 bits per heavy atom. The van der Waals surface area contributed by atoms with Gasteiger partial charge in [0.1, 0.15) is 0 Å². The number of hydrogen-bond donors (Lipinski definition) is 1. The molecule has 1 N–H and O–H groups in total. The van der Waals surface area contributed by atoms with Gasteiger partial charge >= 0.3 is 0 Å². The van der Waals surface area contributed by atoms with E-state index in [-0.39, 0.29) is 12.1 Å². The molecule has 0 atom stereocenters. The summed E-state index contributed by atoms with van der Waals surface area (Å²) < 4.78 is 28.7. The first-order valence-electron chi connectivity index (χ1n) is 7.87. The summed E-state index contributed by atoms with van der Waals surface area (Å²) in [5.41, 5.74) is 1.77. The lowest BCUT2D eigenvalue weighted by molar-refractivity contribution is 0.323. The fourth-order valence-corrected chi connectivity index (χ4v) is 4.41. The first kappa shape index (κ1) is 16.8. The van der Waals surface area contributed by atoms with Crippen LogP contribution in [0.5, 0.6) is 0 Å². The molecule has 24 heavy (non-hydrogen) atoms. The van der Waals surface area contributed by atoms with Crippen molar-refractivity contribution in [1.29, 1.82) is 0 Å². The number of benzene rings is 1. The number of aromatic amines is 1. The van der Waals surface area contributed by atoms with E-state index in [2.05, 4.69) is 9.97 Å². The van der Waals surface area contributed by atoms with Gasteiger partial charge in [-0.15, -0.1) is 0 Å². The Morgan fingerprint density at radius 2 is 2.04 bits per heavy atom. The molecule has 0 aliphatic carbocycles. The number of nitrogens with zero attached hydrogens (tertiary/aromatic N) is 3. The summed E-state index contributed by atoms with van der Waals surface area (Å²) in [6.45, 7) is 2.88. The van der Waals surface area contributed by atoms with Crippen LogP contribution < -0.4 is 5.56 Å². The third-order valence-corrected chi connectivity index (χ3v) is 6.18. The number of rotatable bonds is 5. The number of hydrogen-bond acceptors (Lipinski definition) is 4. The van der Waals surface area contributed by atoms with Crippen molar-refractivity contribution in [3.05, 3.63) is 63.8 Å². The summed E-state index contributed by atoms with van der Waals surface area (Å²) in [7, 11) is -3.65. The minimum atomic E-state index is -3.65. The summed E-state index contributed by atoms with van der Waals surface area (Å²) in [5.74, 6) is 0. The fraction of sp³-hybridized carbons (Fsp3) is 0.375. The number of fused-ring (bicyclic) bond motifs is 1. The Bertz CT molecular complexity index is 864. The minimum Gasteiger partial charge on any atom is -0.313 e. The van der Waals surface area contributed by atoms with Gasteiger partial charge in [0.25, 0.3) is 15.8 Å². The van der Waals surface area contributed by atoms with E-state index in [9.17, 15) is 13.2 Å². The first-order chi connectivity index (χ1) is 11.5. The van der Waals surface area contributed by atoms with E-state index in [0.717, 1.165) is 5.56 Å². The van der Waals surface area contributed by atoms with Crippen molar-refractivity contribution in [1.82, 2.24) is 18.6 Å². The predicted octanol–water partition coefficient (Wildman–Crippen LogP) is 0.895. The fourth-order valence-electron chi connectivity index (χ4n) is 2.83. The van der Waals surface area contributed by atoms with Crippen LogP contribution in [0.25, 0.3) is 0 Å². The molecule has 2 aromatic rings. The second-order valence-corrected chi connectivity index (χ2v) is 7.59. The van der Waals surface area contributed by atoms with Crippen molar-refractivity contribution < 1.29 is 8.42 Å². The van der Waals surface area contributed by atoms with Gasteiger partial charge in [-0.05, 0) is 5.56 Å². The molecule has 1 aliphatic heterocycles. The van der Waals surface area contributed by atoms with Gasteiger partial charge in [-0.25, -0.2) is 4.98 Å². The van der Waals surface area contributed by atoms with Crippen LogP contribution in [-0.2, 0) is 29.7 Å². The minimum absolute atomic E-state index is 0.0616. The summed E-state index contributed by atoms with van der Waals surface area (Å²) in [4.78, 5) is 18.6. The lowest BCUT2D eigenvalue weighted by Gasteiger charge is -2.31. The Kier molecular flexibility index (Phi) is 4.79. The molecule has 0 fully saturated rings.